The molecule has 3 nitrogen and oxygen atoms in total. The van der Waals surface area contributed by atoms with Crippen molar-refractivity contribution in [1.29, 1.82) is 0 Å². The smallest absolute Gasteiger partial charge is 0.0787 e. The summed E-state index contributed by atoms with van der Waals surface area (Å²) < 4.78 is 5.99. The standard InChI is InChI=1S/C12H25NO2/c1-10(2,8-14)13-9-7-11(3,4)15-12(9,5)6/h9,13-14H,7-8H2,1-6H3. The third-order valence-electron chi connectivity index (χ3n) is 3.03. The lowest BCUT2D eigenvalue weighted by molar-refractivity contribution is -0.0719. The molecule has 1 rings (SSSR count). The topological polar surface area (TPSA) is 41.5 Å². The number of rotatable bonds is 3. The molecule has 1 saturated heterocycles. The molecule has 1 unspecified atom stereocenters. The molecule has 1 aliphatic heterocycles. The van der Waals surface area contributed by atoms with Gasteiger partial charge in [-0.2, -0.15) is 0 Å². The zero-order chi connectivity index (χ0) is 11.9. The van der Waals surface area contributed by atoms with Gasteiger partial charge in [0.15, 0.2) is 0 Å². The van der Waals surface area contributed by atoms with E-state index >= 15 is 0 Å². The molecule has 2 N–H and O–H groups in total. The zero-order valence-corrected chi connectivity index (χ0v) is 10.8. The molecule has 1 atom stereocenters. The van der Waals surface area contributed by atoms with Gasteiger partial charge in [0.1, 0.15) is 0 Å². The second-order valence-corrected chi connectivity index (χ2v) is 6.41. The molecular weight excluding hydrogens is 190 g/mol. The van der Waals surface area contributed by atoms with Crippen LogP contribution >= 0.6 is 0 Å². The van der Waals surface area contributed by atoms with E-state index in [0.717, 1.165) is 6.42 Å². The van der Waals surface area contributed by atoms with Crippen molar-refractivity contribution in [3.63, 3.8) is 0 Å². The summed E-state index contributed by atoms with van der Waals surface area (Å²) in [6.07, 6.45) is 0.976. The first-order valence-electron chi connectivity index (χ1n) is 5.67. The Labute approximate surface area is 93.2 Å². The Morgan fingerprint density at radius 3 is 2.20 bits per heavy atom. The molecule has 90 valence electrons. The molecule has 0 aliphatic carbocycles. The molecule has 15 heavy (non-hydrogen) atoms. The van der Waals surface area contributed by atoms with E-state index in [4.69, 9.17) is 4.74 Å². The van der Waals surface area contributed by atoms with Gasteiger partial charge in [-0.1, -0.05) is 0 Å². The Kier molecular flexibility index (Phi) is 3.21. The zero-order valence-electron chi connectivity index (χ0n) is 10.8. The van der Waals surface area contributed by atoms with E-state index in [9.17, 15) is 5.11 Å². The molecule has 0 aromatic rings. The van der Waals surface area contributed by atoms with Gasteiger partial charge in [-0.15, -0.1) is 0 Å². The fraction of sp³-hybridized carbons (Fsp3) is 1.00. The Bertz CT molecular complexity index is 234. The van der Waals surface area contributed by atoms with Gasteiger partial charge in [0.25, 0.3) is 0 Å². The number of nitrogens with one attached hydrogen (secondary N) is 1. The highest BCUT2D eigenvalue weighted by molar-refractivity contribution is 5.01. The number of hydrogen-bond donors (Lipinski definition) is 2. The number of aliphatic hydroxyl groups excluding tert-OH is 1. The normalized spacial score (nSPS) is 29.4. The van der Waals surface area contributed by atoms with Gasteiger partial charge in [0, 0.05) is 11.6 Å². The summed E-state index contributed by atoms with van der Waals surface area (Å²) >= 11 is 0. The molecule has 1 fully saturated rings. The molecule has 0 aromatic carbocycles. The highest BCUT2D eigenvalue weighted by atomic mass is 16.5. The van der Waals surface area contributed by atoms with Crippen LogP contribution in [0.2, 0.25) is 0 Å². The third-order valence-corrected chi connectivity index (χ3v) is 3.03. The van der Waals surface area contributed by atoms with Crippen LogP contribution in [0.5, 0.6) is 0 Å². The molecule has 1 heterocycles. The first-order chi connectivity index (χ1) is 6.58. The summed E-state index contributed by atoms with van der Waals surface area (Å²) in [5, 5.41) is 12.7. The largest absolute Gasteiger partial charge is 0.394 e. The molecular formula is C12H25NO2. The van der Waals surface area contributed by atoms with Crippen LogP contribution in [0, 0.1) is 0 Å². The van der Waals surface area contributed by atoms with Crippen molar-refractivity contribution in [3.05, 3.63) is 0 Å². The maximum Gasteiger partial charge on any atom is 0.0787 e. The average molecular weight is 215 g/mol. The van der Waals surface area contributed by atoms with Crippen LogP contribution in [0.1, 0.15) is 48.0 Å². The van der Waals surface area contributed by atoms with Crippen molar-refractivity contribution in [3.8, 4) is 0 Å². The lowest BCUT2D eigenvalue weighted by atomic mass is 9.91. The van der Waals surface area contributed by atoms with E-state index in [0.29, 0.717) is 0 Å². The van der Waals surface area contributed by atoms with Crippen molar-refractivity contribution in [2.45, 2.75) is 70.7 Å². The Balaban J connectivity index is 2.71. The monoisotopic (exact) mass is 215 g/mol. The average Bonchev–Trinajstić information content (AvgIpc) is 2.18. The van der Waals surface area contributed by atoms with Gasteiger partial charge >= 0.3 is 0 Å². The van der Waals surface area contributed by atoms with Gasteiger partial charge < -0.3 is 15.2 Å². The maximum absolute atomic E-state index is 9.25. The Hall–Kier alpha value is -0.120. The van der Waals surface area contributed by atoms with Gasteiger partial charge in [-0.25, -0.2) is 0 Å². The van der Waals surface area contributed by atoms with E-state index in [-0.39, 0.29) is 29.4 Å². The molecule has 0 amide bonds. The first kappa shape index (κ1) is 12.9. The van der Waals surface area contributed by atoms with Crippen LogP contribution in [0.3, 0.4) is 0 Å². The molecule has 3 heteroatoms. The SMILES string of the molecule is CC(C)(CO)NC1CC(C)(C)OC1(C)C. The molecule has 1 aliphatic rings. The third kappa shape index (κ3) is 3.16. The summed E-state index contributed by atoms with van der Waals surface area (Å²) in [5.41, 5.74) is -0.492. The molecule has 0 spiro atoms. The van der Waals surface area contributed by atoms with Crippen molar-refractivity contribution in [1.82, 2.24) is 5.32 Å². The second-order valence-electron chi connectivity index (χ2n) is 6.41. The van der Waals surface area contributed by atoms with Crippen molar-refractivity contribution >= 4 is 0 Å². The van der Waals surface area contributed by atoms with E-state index < -0.39 is 0 Å². The fourth-order valence-corrected chi connectivity index (χ4v) is 2.30. The highest BCUT2D eigenvalue weighted by Crippen LogP contribution is 2.37. The maximum atomic E-state index is 9.25. The van der Waals surface area contributed by atoms with Crippen LogP contribution in [0.25, 0.3) is 0 Å². The van der Waals surface area contributed by atoms with E-state index in [1.54, 1.807) is 0 Å². The molecule has 0 radical (unpaired) electrons. The number of ether oxygens (including phenoxy) is 1. The molecule has 0 aromatic heterocycles. The number of hydrogen-bond acceptors (Lipinski definition) is 3. The van der Waals surface area contributed by atoms with Crippen molar-refractivity contribution in [2.24, 2.45) is 0 Å². The summed E-state index contributed by atoms with van der Waals surface area (Å²) in [6, 6.07) is 0.287. The van der Waals surface area contributed by atoms with Crippen LogP contribution in [-0.2, 0) is 4.74 Å². The predicted octanol–water partition coefficient (Wildman–Crippen LogP) is 1.69. The fourth-order valence-electron chi connectivity index (χ4n) is 2.30. The van der Waals surface area contributed by atoms with Crippen LogP contribution in [0.4, 0.5) is 0 Å². The van der Waals surface area contributed by atoms with Gasteiger partial charge in [0.05, 0.1) is 17.8 Å². The Morgan fingerprint density at radius 1 is 1.33 bits per heavy atom. The van der Waals surface area contributed by atoms with E-state index in [1.165, 1.54) is 0 Å². The van der Waals surface area contributed by atoms with Crippen LogP contribution < -0.4 is 5.32 Å². The van der Waals surface area contributed by atoms with Gasteiger partial charge in [-0.3, -0.25) is 0 Å². The quantitative estimate of drug-likeness (QED) is 0.753. The summed E-state index contributed by atoms with van der Waals surface area (Å²) in [7, 11) is 0. The van der Waals surface area contributed by atoms with Crippen LogP contribution in [-0.4, -0.2) is 34.5 Å². The van der Waals surface area contributed by atoms with Crippen LogP contribution in [0.15, 0.2) is 0 Å². The summed E-state index contributed by atoms with van der Waals surface area (Å²) in [4.78, 5) is 0. The lowest BCUT2D eigenvalue weighted by Gasteiger charge is -2.34. The second kappa shape index (κ2) is 3.72. The minimum absolute atomic E-state index is 0.0767. The van der Waals surface area contributed by atoms with E-state index in [1.807, 2.05) is 13.8 Å². The molecule has 0 bridgehead atoms. The number of aliphatic hydroxyl groups is 1. The summed E-state index contributed by atoms with van der Waals surface area (Å²) in [6.45, 7) is 12.6. The highest BCUT2D eigenvalue weighted by Gasteiger charge is 2.47. The molecule has 0 saturated carbocycles. The minimum Gasteiger partial charge on any atom is -0.394 e. The lowest BCUT2D eigenvalue weighted by Crippen LogP contribution is -2.54. The van der Waals surface area contributed by atoms with E-state index in [2.05, 4.69) is 33.0 Å². The first-order valence-corrected chi connectivity index (χ1v) is 5.67. The summed E-state index contributed by atoms with van der Waals surface area (Å²) in [5.74, 6) is 0. The van der Waals surface area contributed by atoms with Crippen molar-refractivity contribution in [2.75, 3.05) is 6.61 Å². The van der Waals surface area contributed by atoms with Crippen molar-refractivity contribution < 1.29 is 9.84 Å². The Morgan fingerprint density at radius 2 is 1.87 bits per heavy atom. The van der Waals surface area contributed by atoms with Gasteiger partial charge in [-0.05, 0) is 48.0 Å². The van der Waals surface area contributed by atoms with Gasteiger partial charge in [0.2, 0.25) is 0 Å². The predicted molar refractivity (Wildman–Crippen MR) is 61.9 cm³/mol. The minimum atomic E-state index is -0.244.